The van der Waals surface area contributed by atoms with E-state index in [2.05, 4.69) is 6.07 Å². The van der Waals surface area contributed by atoms with Gasteiger partial charge < -0.3 is 9.11 Å². The van der Waals surface area contributed by atoms with Gasteiger partial charge in [0.15, 0.2) is 0 Å². The average Bonchev–Trinajstić information content (AvgIpc) is 2.39. The normalized spacial score (nSPS) is 10.4. The Kier molecular flexibility index (Phi) is 11.2. The Bertz CT molecular complexity index is 788. The molecule has 2 rings (SSSR count). The van der Waals surface area contributed by atoms with Gasteiger partial charge >= 0.3 is 19.5 Å². The molecule has 0 bridgehead atoms. The third kappa shape index (κ3) is 9.40. The summed E-state index contributed by atoms with van der Waals surface area (Å²) in [6.07, 6.45) is 0. The Hall–Kier alpha value is -0.493. The van der Waals surface area contributed by atoms with Crippen LogP contribution in [0.2, 0.25) is 0 Å². The first kappa shape index (κ1) is 24.8. The molecule has 0 aliphatic heterocycles. The summed E-state index contributed by atoms with van der Waals surface area (Å²) in [6.45, 7) is 1.82. The van der Waals surface area contributed by atoms with Crippen molar-refractivity contribution in [1.29, 1.82) is 0 Å². The van der Waals surface area contributed by atoms with E-state index in [1.807, 2.05) is 6.92 Å². The summed E-state index contributed by atoms with van der Waals surface area (Å²) in [4.78, 5) is -0.394. The fourth-order valence-corrected chi connectivity index (χ4v) is 2.18. The summed E-state index contributed by atoms with van der Waals surface area (Å²) in [5, 5.41) is 0. The maximum atomic E-state index is 10.4. The first-order valence-corrected chi connectivity index (χ1v) is 8.37. The molecule has 6 nitrogen and oxygen atoms in total. The minimum Gasteiger partial charge on any atom is -0.746 e. The molecule has 0 spiro atoms. The molecule has 0 saturated carbocycles. The molecule has 10 heteroatoms. The molecule has 0 fully saturated rings. The van der Waals surface area contributed by atoms with Crippen LogP contribution >= 0.6 is 0 Å². The van der Waals surface area contributed by atoms with Crippen LogP contribution in [-0.4, -0.2) is 25.9 Å². The van der Waals surface area contributed by atoms with Crippen molar-refractivity contribution in [1.82, 2.24) is 0 Å². The fourth-order valence-electron chi connectivity index (χ4n) is 1.24. The van der Waals surface area contributed by atoms with Crippen molar-refractivity contribution in [3.05, 3.63) is 60.2 Å². The molecule has 0 amide bonds. The van der Waals surface area contributed by atoms with Gasteiger partial charge in [-0.2, -0.15) is 30.3 Å². The van der Waals surface area contributed by atoms with E-state index in [1.165, 1.54) is 36.4 Å². The van der Waals surface area contributed by atoms with Gasteiger partial charge in [0.1, 0.15) is 20.2 Å². The van der Waals surface area contributed by atoms with E-state index < -0.39 is 20.2 Å². The van der Waals surface area contributed by atoms with Crippen LogP contribution < -0.4 is 0 Å². The fraction of sp³-hybridized carbons (Fsp3) is 0.0769. The maximum absolute atomic E-state index is 10.4. The molecule has 0 radical (unpaired) electrons. The Morgan fingerprint density at radius 2 is 1.13 bits per heavy atom. The second-order valence-corrected chi connectivity index (χ2v) is 6.72. The zero-order valence-corrected chi connectivity index (χ0v) is 19.9. The summed E-state index contributed by atoms with van der Waals surface area (Å²) < 4.78 is 62.0. The van der Waals surface area contributed by atoms with E-state index >= 15 is 0 Å². The Morgan fingerprint density at radius 1 is 0.783 bits per heavy atom. The second-order valence-electron chi connectivity index (χ2n) is 3.96. The van der Waals surface area contributed by atoms with Gasteiger partial charge in [-0.05, 0) is 19.1 Å². The molecule has 23 heavy (non-hydrogen) atoms. The second kappa shape index (κ2) is 10.4. The number of hydrogen-bond donors (Lipinski definition) is 0. The third-order valence-corrected chi connectivity index (χ3v) is 3.99. The molecule has 2 aromatic carbocycles. The molecule has 2 aromatic rings. The third-order valence-electron chi connectivity index (χ3n) is 2.29. The molecule has 0 unspecified atom stereocenters. The predicted octanol–water partition coefficient (Wildman–Crippen LogP) is 1.29. The zero-order valence-electron chi connectivity index (χ0n) is 12.3. The predicted molar refractivity (Wildman–Crippen MR) is 72.4 cm³/mol. The van der Waals surface area contributed by atoms with Crippen LogP contribution in [0, 0.1) is 13.0 Å². The van der Waals surface area contributed by atoms with E-state index in [9.17, 15) is 25.9 Å². The van der Waals surface area contributed by atoms with Crippen LogP contribution in [0.4, 0.5) is 0 Å². The van der Waals surface area contributed by atoms with Gasteiger partial charge in [-0.1, -0.05) is 22.6 Å². The molecule has 0 aliphatic rings. The largest absolute Gasteiger partial charge is 2.00 e. The quantitative estimate of drug-likeness (QED) is 0.381. The Labute approximate surface area is 161 Å². The van der Waals surface area contributed by atoms with E-state index in [1.54, 1.807) is 12.1 Å². The van der Waals surface area contributed by atoms with Crippen LogP contribution in [0.15, 0.2) is 58.3 Å². The Morgan fingerprint density at radius 3 is 1.43 bits per heavy atom. The van der Waals surface area contributed by atoms with Gasteiger partial charge in [0.25, 0.3) is 0 Å². The van der Waals surface area contributed by atoms with Gasteiger partial charge in [-0.25, -0.2) is 16.8 Å². The van der Waals surface area contributed by atoms with Crippen LogP contribution in [-0.2, 0) is 59.2 Å². The number of benzene rings is 2. The van der Waals surface area contributed by atoms with Crippen molar-refractivity contribution in [3.8, 4) is 0 Å². The maximum Gasteiger partial charge on any atom is 2.00 e. The van der Waals surface area contributed by atoms with Crippen LogP contribution in [0.25, 0.3) is 0 Å². The molecule has 0 saturated heterocycles. The van der Waals surface area contributed by atoms with E-state index in [0.29, 0.717) is 0 Å². The van der Waals surface area contributed by atoms with Gasteiger partial charge in [-0.15, -0.1) is 0 Å². The summed E-state index contributed by atoms with van der Waals surface area (Å²) in [7, 11) is -8.54. The summed E-state index contributed by atoms with van der Waals surface area (Å²) in [5.74, 6) is 0. The number of rotatable bonds is 2. The van der Waals surface area contributed by atoms with Crippen molar-refractivity contribution < 1.29 is 64.9 Å². The molecular weight excluding hydrogens is 447 g/mol. The summed E-state index contributed by atoms with van der Waals surface area (Å²) >= 11 is 0. The van der Waals surface area contributed by atoms with Crippen molar-refractivity contribution in [3.63, 3.8) is 0 Å². The number of hydrogen-bond acceptors (Lipinski definition) is 6. The monoisotopic (exact) mass is 455 g/mol. The van der Waals surface area contributed by atoms with Gasteiger partial charge in [0, 0.05) is 19.5 Å². The molecule has 0 heterocycles. The summed E-state index contributed by atoms with van der Waals surface area (Å²) in [5.41, 5.74) is 0.928. The molecule has 116 valence electrons. The molecule has 0 aromatic heterocycles. The minimum absolute atomic E-state index is 0. The van der Waals surface area contributed by atoms with Gasteiger partial charge in [0.05, 0.1) is 4.90 Å². The van der Waals surface area contributed by atoms with Crippen LogP contribution in [0.1, 0.15) is 5.56 Å². The molecule has 0 aliphatic carbocycles. The molecule has 0 N–H and O–H groups in total. The summed E-state index contributed by atoms with van der Waals surface area (Å²) in [6, 6.07) is 13.6. The van der Waals surface area contributed by atoms with E-state index in [0.717, 1.165) is 5.56 Å². The molecular formula is C13H11O6S2Zn2-. The Balaban J connectivity index is 0. The zero-order chi connectivity index (χ0) is 16.1. The first-order valence-electron chi connectivity index (χ1n) is 5.55. The van der Waals surface area contributed by atoms with Crippen LogP contribution in [0.5, 0.6) is 0 Å². The topological polar surface area (TPSA) is 114 Å². The smallest absolute Gasteiger partial charge is 0.746 e. The SMILES string of the molecule is Cc1ccc(S(=O)(=O)[O-])cc1.O=S(=O)([O-])c1cc[c-]cc1.[Zn+2].[Zn]. The van der Waals surface area contributed by atoms with Crippen molar-refractivity contribution in [2.45, 2.75) is 16.7 Å². The first-order chi connectivity index (χ1) is 9.60. The van der Waals surface area contributed by atoms with Crippen molar-refractivity contribution in [2.24, 2.45) is 0 Å². The van der Waals surface area contributed by atoms with Gasteiger partial charge in [0.2, 0.25) is 0 Å². The number of aryl methyl sites for hydroxylation is 1. The van der Waals surface area contributed by atoms with Crippen molar-refractivity contribution in [2.75, 3.05) is 0 Å². The van der Waals surface area contributed by atoms with Crippen molar-refractivity contribution >= 4 is 20.2 Å². The molecule has 0 atom stereocenters. The van der Waals surface area contributed by atoms with Crippen LogP contribution in [0.3, 0.4) is 0 Å². The van der Waals surface area contributed by atoms with E-state index in [4.69, 9.17) is 0 Å². The van der Waals surface area contributed by atoms with Gasteiger partial charge in [-0.3, -0.25) is 0 Å². The average molecular weight is 458 g/mol. The standard InChI is InChI=1S/C7H8O3S.C6H5O3S.2Zn/c1-6-2-4-7(5-3-6)11(8,9)10;7-10(8,9)6-4-2-1-3-5-6;;/h2-5H,1H3,(H,8,9,10);2-5H,(H,7,8,9);;/q;-1;;+2/p-2. The van der Waals surface area contributed by atoms with E-state index in [-0.39, 0.29) is 48.7 Å². The minimum atomic E-state index is -4.27.